The molecule has 1 aliphatic rings. The minimum atomic E-state index is 0.0131. The van der Waals surface area contributed by atoms with Gasteiger partial charge >= 0.3 is 0 Å². The van der Waals surface area contributed by atoms with Crippen molar-refractivity contribution in [3.63, 3.8) is 0 Å². The van der Waals surface area contributed by atoms with Gasteiger partial charge in [0.25, 0.3) is 0 Å². The van der Waals surface area contributed by atoms with Crippen LogP contribution in [-0.4, -0.2) is 60.9 Å². The number of piperazine rings is 1. The number of nitrogens with one attached hydrogen (secondary N) is 1. The Morgan fingerprint density at radius 2 is 1.71 bits per heavy atom. The van der Waals surface area contributed by atoms with Gasteiger partial charge in [0.05, 0.1) is 0 Å². The van der Waals surface area contributed by atoms with E-state index in [0.29, 0.717) is 19.4 Å². The molecule has 132 valence electrons. The van der Waals surface area contributed by atoms with Gasteiger partial charge in [-0.25, -0.2) is 0 Å². The van der Waals surface area contributed by atoms with E-state index in [2.05, 4.69) is 48.3 Å². The lowest BCUT2D eigenvalue weighted by Gasteiger charge is -2.34. The van der Waals surface area contributed by atoms with Gasteiger partial charge in [-0.2, -0.15) is 0 Å². The van der Waals surface area contributed by atoms with Crippen molar-refractivity contribution in [3.05, 3.63) is 35.4 Å². The van der Waals surface area contributed by atoms with E-state index >= 15 is 0 Å². The summed E-state index contributed by atoms with van der Waals surface area (Å²) in [5.74, 6) is 0.156. The Labute approximate surface area is 145 Å². The zero-order chi connectivity index (χ0) is 17.4. The number of rotatable bonds is 7. The molecule has 1 saturated heterocycles. The average molecular weight is 331 g/mol. The van der Waals surface area contributed by atoms with Gasteiger partial charge < -0.3 is 15.1 Å². The molecule has 1 aromatic rings. The van der Waals surface area contributed by atoms with Gasteiger partial charge in [-0.15, -0.1) is 0 Å². The van der Waals surface area contributed by atoms with Crippen LogP contribution in [0.5, 0.6) is 0 Å². The van der Waals surface area contributed by atoms with Crippen molar-refractivity contribution >= 4 is 11.8 Å². The minimum absolute atomic E-state index is 0.0131. The first kappa shape index (κ1) is 18.5. The lowest BCUT2D eigenvalue weighted by Crippen LogP contribution is -2.49. The maximum atomic E-state index is 12.1. The van der Waals surface area contributed by atoms with Crippen molar-refractivity contribution in [2.45, 2.75) is 33.1 Å². The molecule has 2 rings (SSSR count). The largest absolute Gasteiger partial charge is 0.356 e. The maximum absolute atomic E-state index is 12.1. The van der Waals surface area contributed by atoms with Gasteiger partial charge in [0.15, 0.2) is 0 Å². The number of hydrogen-bond donors (Lipinski definition) is 1. The molecule has 1 aromatic carbocycles. The summed E-state index contributed by atoms with van der Waals surface area (Å²) in [6.07, 6.45) is 1.59. The quantitative estimate of drug-likeness (QED) is 0.826. The van der Waals surface area contributed by atoms with E-state index in [-0.39, 0.29) is 11.8 Å². The fourth-order valence-electron chi connectivity index (χ4n) is 2.88. The standard InChI is InChI=1S/C19H29N3O2/c1-3-21-12-14-22(15-13-21)19(24)10-11-20-18(23)9-8-17-6-4-16(2)5-7-17/h4-7H,3,8-15H2,1-2H3,(H,20,23). The Morgan fingerprint density at radius 3 is 2.33 bits per heavy atom. The van der Waals surface area contributed by atoms with Gasteiger partial charge in [-0.3, -0.25) is 9.59 Å². The molecule has 0 spiro atoms. The van der Waals surface area contributed by atoms with Crippen LogP contribution in [0.1, 0.15) is 30.9 Å². The van der Waals surface area contributed by atoms with Crippen molar-refractivity contribution in [1.29, 1.82) is 0 Å². The Bertz CT molecular complexity index is 534. The molecular formula is C19H29N3O2. The summed E-state index contributed by atoms with van der Waals surface area (Å²) in [5, 5.41) is 2.86. The summed E-state index contributed by atoms with van der Waals surface area (Å²) in [6.45, 7) is 9.16. The molecule has 5 heteroatoms. The van der Waals surface area contributed by atoms with Crippen LogP contribution >= 0.6 is 0 Å². The van der Waals surface area contributed by atoms with Crippen LogP contribution in [0.2, 0.25) is 0 Å². The third-order valence-corrected chi connectivity index (χ3v) is 4.59. The summed E-state index contributed by atoms with van der Waals surface area (Å²) in [7, 11) is 0. The second-order valence-corrected chi connectivity index (χ2v) is 6.40. The van der Waals surface area contributed by atoms with Crippen molar-refractivity contribution in [3.8, 4) is 0 Å². The molecule has 5 nitrogen and oxygen atoms in total. The molecule has 1 fully saturated rings. The van der Waals surface area contributed by atoms with Crippen molar-refractivity contribution in [1.82, 2.24) is 15.1 Å². The Hall–Kier alpha value is -1.88. The number of amides is 2. The SMILES string of the molecule is CCN1CCN(C(=O)CCNC(=O)CCc2ccc(C)cc2)CC1. The van der Waals surface area contributed by atoms with E-state index in [4.69, 9.17) is 0 Å². The fourth-order valence-corrected chi connectivity index (χ4v) is 2.88. The third-order valence-electron chi connectivity index (χ3n) is 4.59. The number of carbonyl (C=O) groups is 2. The highest BCUT2D eigenvalue weighted by molar-refractivity contribution is 5.79. The van der Waals surface area contributed by atoms with Crippen LogP contribution in [-0.2, 0) is 16.0 Å². The van der Waals surface area contributed by atoms with Crippen LogP contribution in [0, 0.1) is 6.92 Å². The zero-order valence-electron chi connectivity index (χ0n) is 14.9. The van der Waals surface area contributed by atoms with Crippen molar-refractivity contribution in [2.24, 2.45) is 0 Å². The molecule has 0 saturated carbocycles. The Balaban J connectivity index is 1.60. The van der Waals surface area contributed by atoms with Crippen LogP contribution in [0.3, 0.4) is 0 Å². The van der Waals surface area contributed by atoms with Gasteiger partial charge in [-0.05, 0) is 25.5 Å². The Morgan fingerprint density at radius 1 is 1.04 bits per heavy atom. The molecule has 0 aromatic heterocycles. The van der Waals surface area contributed by atoms with Crippen molar-refractivity contribution < 1.29 is 9.59 Å². The van der Waals surface area contributed by atoms with E-state index in [1.165, 1.54) is 11.1 Å². The molecule has 1 heterocycles. The molecular weight excluding hydrogens is 302 g/mol. The zero-order valence-corrected chi connectivity index (χ0v) is 14.9. The molecule has 0 unspecified atom stereocenters. The van der Waals surface area contributed by atoms with Gasteiger partial charge in [0.1, 0.15) is 0 Å². The molecule has 0 bridgehead atoms. The maximum Gasteiger partial charge on any atom is 0.224 e. The normalized spacial score (nSPS) is 15.3. The monoisotopic (exact) mass is 331 g/mol. The summed E-state index contributed by atoms with van der Waals surface area (Å²) in [5.41, 5.74) is 2.39. The number of carbonyl (C=O) groups excluding carboxylic acids is 2. The van der Waals surface area contributed by atoms with E-state index in [0.717, 1.165) is 39.1 Å². The van der Waals surface area contributed by atoms with Crippen LogP contribution < -0.4 is 5.32 Å². The number of nitrogens with zero attached hydrogens (tertiary/aromatic N) is 2. The third kappa shape index (κ3) is 5.96. The smallest absolute Gasteiger partial charge is 0.224 e. The summed E-state index contributed by atoms with van der Waals surface area (Å²) < 4.78 is 0. The van der Waals surface area contributed by atoms with E-state index in [9.17, 15) is 9.59 Å². The van der Waals surface area contributed by atoms with Crippen LogP contribution in [0.4, 0.5) is 0 Å². The highest BCUT2D eigenvalue weighted by atomic mass is 16.2. The topological polar surface area (TPSA) is 52.6 Å². The van der Waals surface area contributed by atoms with Gasteiger partial charge in [0, 0.05) is 45.6 Å². The predicted molar refractivity (Wildman–Crippen MR) is 95.8 cm³/mol. The van der Waals surface area contributed by atoms with E-state index in [1.54, 1.807) is 0 Å². The first-order valence-electron chi connectivity index (χ1n) is 8.91. The fraction of sp³-hybridized carbons (Fsp3) is 0.579. The molecule has 0 radical (unpaired) electrons. The van der Waals surface area contributed by atoms with Crippen LogP contribution in [0.25, 0.3) is 0 Å². The first-order chi connectivity index (χ1) is 11.6. The van der Waals surface area contributed by atoms with Crippen molar-refractivity contribution in [2.75, 3.05) is 39.3 Å². The summed E-state index contributed by atoms with van der Waals surface area (Å²) in [6, 6.07) is 8.23. The molecule has 0 atom stereocenters. The number of likely N-dealkylation sites (N-methyl/N-ethyl adjacent to an activating group) is 1. The van der Waals surface area contributed by atoms with Crippen LogP contribution in [0.15, 0.2) is 24.3 Å². The highest BCUT2D eigenvalue weighted by Gasteiger charge is 2.19. The van der Waals surface area contributed by atoms with Gasteiger partial charge in [0.2, 0.25) is 11.8 Å². The lowest BCUT2D eigenvalue weighted by atomic mass is 10.1. The lowest BCUT2D eigenvalue weighted by molar-refractivity contribution is -0.132. The number of hydrogen-bond acceptors (Lipinski definition) is 3. The second kappa shape index (κ2) is 9.42. The first-order valence-corrected chi connectivity index (χ1v) is 8.91. The Kier molecular flexibility index (Phi) is 7.25. The highest BCUT2D eigenvalue weighted by Crippen LogP contribution is 2.06. The summed E-state index contributed by atoms with van der Waals surface area (Å²) in [4.78, 5) is 28.3. The summed E-state index contributed by atoms with van der Waals surface area (Å²) >= 11 is 0. The molecule has 1 aliphatic heterocycles. The predicted octanol–water partition coefficient (Wildman–Crippen LogP) is 1.60. The molecule has 0 aliphatic carbocycles. The average Bonchev–Trinajstić information content (AvgIpc) is 2.61. The minimum Gasteiger partial charge on any atom is -0.356 e. The second-order valence-electron chi connectivity index (χ2n) is 6.40. The van der Waals surface area contributed by atoms with E-state index < -0.39 is 0 Å². The molecule has 1 N–H and O–H groups in total. The van der Waals surface area contributed by atoms with E-state index in [1.807, 2.05) is 4.90 Å². The van der Waals surface area contributed by atoms with Gasteiger partial charge in [-0.1, -0.05) is 36.8 Å². The molecule has 24 heavy (non-hydrogen) atoms. The molecule has 2 amide bonds. The number of benzene rings is 1. The number of aryl methyl sites for hydroxylation is 2.